The third-order valence-electron chi connectivity index (χ3n) is 4.23. The molecule has 3 aromatic heterocycles. The van der Waals surface area contributed by atoms with Crippen molar-refractivity contribution in [1.82, 2.24) is 24.7 Å². The fraction of sp³-hybridized carbons (Fsp3) is 0.100. The van der Waals surface area contributed by atoms with Crippen molar-refractivity contribution in [1.29, 1.82) is 5.26 Å². The summed E-state index contributed by atoms with van der Waals surface area (Å²) in [6, 6.07) is 14.3. The summed E-state index contributed by atoms with van der Waals surface area (Å²) in [4.78, 5) is 36.0. The van der Waals surface area contributed by atoms with Gasteiger partial charge in [0.1, 0.15) is 23.2 Å². The quantitative estimate of drug-likeness (QED) is 0.510. The molecule has 0 aliphatic heterocycles. The number of carbonyl (C=O) groups is 1. The average molecular weight is 417 g/mol. The van der Waals surface area contributed by atoms with Crippen molar-refractivity contribution in [2.45, 2.75) is 5.75 Å². The average Bonchev–Trinajstić information content (AvgIpc) is 3.15. The van der Waals surface area contributed by atoms with E-state index in [2.05, 4.69) is 25.4 Å². The van der Waals surface area contributed by atoms with Crippen LogP contribution in [0.4, 0.5) is 5.82 Å². The number of aromatic amines is 1. The van der Waals surface area contributed by atoms with E-state index in [1.54, 1.807) is 6.07 Å². The van der Waals surface area contributed by atoms with Gasteiger partial charge < -0.3 is 10.3 Å². The second-order valence-corrected chi connectivity index (χ2v) is 7.12. The summed E-state index contributed by atoms with van der Waals surface area (Å²) in [6.07, 6.45) is 3.21. The third kappa shape index (κ3) is 3.78. The molecule has 9 nitrogen and oxygen atoms in total. The molecule has 0 saturated carbocycles. The minimum absolute atomic E-state index is 0.0501. The lowest BCUT2D eigenvalue weighted by Crippen LogP contribution is -2.22. The van der Waals surface area contributed by atoms with Gasteiger partial charge in [-0.15, -0.1) is 0 Å². The SMILES string of the molecule is CSCc1nc(C(=O)Nc2c(C#N)cnn2-c2ccc3ccccc3n2)cc(=O)[nH]1. The van der Waals surface area contributed by atoms with Gasteiger partial charge in [-0.1, -0.05) is 18.2 Å². The maximum atomic E-state index is 12.8. The van der Waals surface area contributed by atoms with Gasteiger partial charge in [-0.05, 0) is 24.5 Å². The Morgan fingerprint density at radius 3 is 2.90 bits per heavy atom. The topological polar surface area (TPSA) is 129 Å². The van der Waals surface area contributed by atoms with Crippen molar-refractivity contribution in [3.63, 3.8) is 0 Å². The summed E-state index contributed by atoms with van der Waals surface area (Å²) < 4.78 is 1.37. The zero-order chi connectivity index (χ0) is 21.1. The molecule has 2 N–H and O–H groups in total. The maximum Gasteiger partial charge on any atom is 0.275 e. The van der Waals surface area contributed by atoms with Crippen molar-refractivity contribution >= 4 is 34.4 Å². The molecule has 0 saturated heterocycles. The normalized spacial score (nSPS) is 10.7. The molecule has 0 aliphatic carbocycles. The summed E-state index contributed by atoms with van der Waals surface area (Å²) in [7, 11) is 0. The fourth-order valence-electron chi connectivity index (χ4n) is 2.90. The molecule has 10 heteroatoms. The van der Waals surface area contributed by atoms with E-state index in [-0.39, 0.29) is 17.1 Å². The highest BCUT2D eigenvalue weighted by atomic mass is 32.2. The lowest BCUT2D eigenvalue weighted by molar-refractivity contribution is 0.102. The molecule has 0 atom stereocenters. The van der Waals surface area contributed by atoms with E-state index < -0.39 is 11.5 Å². The molecule has 4 rings (SSSR count). The van der Waals surface area contributed by atoms with Gasteiger partial charge in [-0.2, -0.15) is 26.8 Å². The Labute approximate surface area is 174 Å². The lowest BCUT2D eigenvalue weighted by atomic mass is 10.2. The minimum Gasteiger partial charge on any atom is -0.310 e. The molecule has 0 fully saturated rings. The van der Waals surface area contributed by atoms with Gasteiger partial charge >= 0.3 is 0 Å². The van der Waals surface area contributed by atoms with Gasteiger partial charge in [0.15, 0.2) is 11.6 Å². The van der Waals surface area contributed by atoms with Crippen LogP contribution in [0.25, 0.3) is 16.7 Å². The Morgan fingerprint density at radius 1 is 1.27 bits per heavy atom. The number of thioether (sulfide) groups is 1. The van der Waals surface area contributed by atoms with Crippen molar-refractivity contribution < 1.29 is 4.79 Å². The van der Waals surface area contributed by atoms with E-state index in [0.29, 0.717) is 17.4 Å². The molecule has 1 amide bonds. The molecule has 148 valence electrons. The summed E-state index contributed by atoms with van der Waals surface area (Å²) in [5.41, 5.74) is 0.432. The first kappa shape index (κ1) is 19.4. The van der Waals surface area contributed by atoms with Crippen molar-refractivity contribution in [2.24, 2.45) is 0 Å². The number of para-hydroxylation sites is 1. The van der Waals surface area contributed by atoms with Gasteiger partial charge in [0.25, 0.3) is 11.5 Å². The molecule has 3 heterocycles. The summed E-state index contributed by atoms with van der Waals surface area (Å²) in [5.74, 6) is 0.817. The van der Waals surface area contributed by atoms with Gasteiger partial charge in [0, 0.05) is 11.5 Å². The van der Waals surface area contributed by atoms with E-state index in [1.807, 2.05) is 42.7 Å². The Morgan fingerprint density at radius 2 is 2.10 bits per heavy atom. The third-order valence-corrected chi connectivity index (χ3v) is 4.79. The van der Waals surface area contributed by atoms with Crippen LogP contribution in [0.3, 0.4) is 0 Å². The first-order valence-electron chi connectivity index (χ1n) is 8.84. The molecule has 0 bridgehead atoms. The van der Waals surface area contributed by atoms with Crippen molar-refractivity contribution in [3.8, 4) is 11.9 Å². The number of fused-ring (bicyclic) bond motifs is 1. The summed E-state index contributed by atoms with van der Waals surface area (Å²) >= 11 is 1.47. The number of H-pyrrole nitrogens is 1. The number of hydrogen-bond acceptors (Lipinski definition) is 7. The molecule has 0 aliphatic rings. The molecule has 4 aromatic rings. The van der Waals surface area contributed by atoms with Crippen LogP contribution >= 0.6 is 11.8 Å². The Bertz CT molecular complexity index is 1350. The number of nitriles is 1. The molecular formula is C20H15N7O2S. The highest BCUT2D eigenvalue weighted by Gasteiger charge is 2.18. The number of hydrogen-bond donors (Lipinski definition) is 2. The molecule has 0 radical (unpaired) electrons. The number of carbonyl (C=O) groups excluding carboxylic acids is 1. The summed E-state index contributed by atoms with van der Waals surface area (Å²) in [6.45, 7) is 0. The van der Waals surface area contributed by atoms with Gasteiger partial charge in [0.05, 0.1) is 17.5 Å². The minimum atomic E-state index is -0.623. The number of rotatable bonds is 5. The first-order valence-corrected chi connectivity index (χ1v) is 10.2. The van der Waals surface area contributed by atoms with Crippen LogP contribution in [0.1, 0.15) is 21.9 Å². The number of anilines is 1. The van der Waals surface area contributed by atoms with E-state index in [9.17, 15) is 14.9 Å². The molecule has 0 spiro atoms. The lowest BCUT2D eigenvalue weighted by Gasteiger charge is -2.10. The Balaban J connectivity index is 1.73. The predicted molar refractivity (Wildman–Crippen MR) is 114 cm³/mol. The van der Waals surface area contributed by atoms with Crippen LogP contribution in [-0.4, -0.2) is 36.9 Å². The number of nitrogens with one attached hydrogen (secondary N) is 2. The van der Waals surface area contributed by atoms with Crippen LogP contribution in [0.2, 0.25) is 0 Å². The van der Waals surface area contributed by atoms with Crippen molar-refractivity contribution in [2.75, 3.05) is 11.6 Å². The number of amides is 1. The van der Waals surface area contributed by atoms with Crippen LogP contribution in [0.15, 0.2) is 53.5 Å². The highest BCUT2D eigenvalue weighted by molar-refractivity contribution is 7.97. The van der Waals surface area contributed by atoms with E-state index in [0.717, 1.165) is 17.0 Å². The number of benzene rings is 1. The van der Waals surface area contributed by atoms with Crippen LogP contribution < -0.4 is 10.9 Å². The Kier molecular flexibility index (Phi) is 5.28. The zero-order valence-electron chi connectivity index (χ0n) is 15.8. The zero-order valence-corrected chi connectivity index (χ0v) is 16.6. The molecule has 0 unspecified atom stereocenters. The van der Waals surface area contributed by atoms with E-state index in [4.69, 9.17) is 0 Å². The largest absolute Gasteiger partial charge is 0.310 e. The second-order valence-electron chi connectivity index (χ2n) is 6.26. The van der Waals surface area contributed by atoms with Crippen molar-refractivity contribution in [3.05, 3.63) is 76.1 Å². The second kappa shape index (κ2) is 8.18. The predicted octanol–water partition coefficient (Wildman–Crippen LogP) is 2.49. The smallest absolute Gasteiger partial charge is 0.275 e. The van der Waals surface area contributed by atoms with Gasteiger partial charge in [-0.3, -0.25) is 9.59 Å². The van der Waals surface area contributed by atoms with Gasteiger partial charge in [-0.25, -0.2) is 9.97 Å². The molecular weight excluding hydrogens is 402 g/mol. The number of pyridine rings is 1. The Hall–Kier alpha value is -3.97. The standard InChI is InChI=1S/C20H15N7O2S/c1-30-11-16-23-15(8-18(28)25-16)20(29)26-19-13(9-21)10-22-27(19)17-7-6-12-4-2-3-5-14(12)24-17/h2-8,10H,11H2,1H3,(H,26,29)(H,23,25,28). The monoisotopic (exact) mass is 417 g/mol. The summed E-state index contributed by atoms with van der Waals surface area (Å²) in [5, 5.41) is 17.2. The first-order chi connectivity index (χ1) is 14.6. The highest BCUT2D eigenvalue weighted by Crippen LogP contribution is 2.21. The molecule has 1 aromatic carbocycles. The van der Waals surface area contributed by atoms with E-state index in [1.165, 1.54) is 22.6 Å². The number of aromatic nitrogens is 5. The van der Waals surface area contributed by atoms with Crippen LogP contribution in [0.5, 0.6) is 0 Å². The molecule has 30 heavy (non-hydrogen) atoms. The maximum absolute atomic E-state index is 12.8. The van der Waals surface area contributed by atoms with Gasteiger partial charge in [0.2, 0.25) is 0 Å². The van der Waals surface area contributed by atoms with Crippen LogP contribution in [0, 0.1) is 11.3 Å². The van der Waals surface area contributed by atoms with Crippen LogP contribution in [-0.2, 0) is 5.75 Å². The fourth-order valence-corrected chi connectivity index (χ4v) is 3.31. The number of nitrogens with zero attached hydrogens (tertiary/aromatic N) is 5. The van der Waals surface area contributed by atoms with E-state index >= 15 is 0 Å².